The van der Waals surface area contributed by atoms with Gasteiger partial charge in [0.05, 0.1) is 6.54 Å². The molecule has 0 radical (unpaired) electrons. The topological polar surface area (TPSA) is 127 Å². The van der Waals surface area contributed by atoms with Gasteiger partial charge in [0.25, 0.3) is 5.91 Å². The van der Waals surface area contributed by atoms with Gasteiger partial charge < -0.3 is 24.0 Å². The maximum Gasteiger partial charge on any atom is 0.440 e. The van der Waals surface area contributed by atoms with Crippen LogP contribution in [0.1, 0.15) is 27.0 Å². The van der Waals surface area contributed by atoms with Crippen molar-refractivity contribution in [3.8, 4) is 22.6 Å². The number of aliphatic hydroxyl groups is 1. The summed E-state index contributed by atoms with van der Waals surface area (Å²) in [6, 6.07) is 30.0. The van der Waals surface area contributed by atoms with Crippen molar-refractivity contribution in [3.63, 3.8) is 0 Å². The molecule has 0 aliphatic heterocycles. The van der Waals surface area contributed by atoms with E-state index < -0.39 is 17.5 Å². The molecule has 0 aliphatic rings. The number of carbonyl (C=O) groups excluding carboxylic acids is 1. The Balaban J connectivity index is 1.17. The maximum absolute atomic E-state index is 13.1. The Morgan fingerprint density at radius 2 is 1.66 bits per heavy atom. The molecule has 1 heterocycles. The van der Waals surface area contributed by atoms with Gasteiger partial charge in [0, 0.05) is 19.2 Å². The summed E-state index contributed by atoms with van der Waals surface area (Å²) in [5, 5.41) is 10.4. The lowest BCUT2D eigenvalue weighted by Gasteiger charge is -2.21. The van der Waals surface area contributed by atoms with Crippen LogP contribution >= 0.6 is 0 Å². The van der Waals surface area contributed by atoms with Gasteiger partial charge in [-0.05, 0) is 77.2 Å². The molecule has 1 unspecified atom stereocenters. The molecule has 10 nitrogen and oxygen atoms in total. The second-order valence-corrected chi connectivity index (χ2v) is 10.5. The number of likely N-dealkylation sites (N-methyl/N-ethyl adjacent to an activating group) is 1. The molecular formula is C34H33N3O7. The van der Waals surface area contributed by atoms with Crippen LogP contribution in [0.3, 0.4) is 0 Å². The van der Waals surface area contributed by atoms with E-state index in [0.29, 0.717) is 23.7 Å². The summed E-state index contributed by atoms with van der Waals surface area (Å²) in [5.41, 5.74) is 4.63. The zero-order chi connectivity index (χ0) is 31.1. The first kappa shape index (κ1) is 30.1. The molecule has 0 bridgehead atoms. The Hall–Kier alpha value is -5.35. The molecule has 0 fully saturated rings. The lowest BCUT2D eigenvalue weighted by atomic mass is 9.97. The molecule has 44 heavy (non-hydrogen) atoms. The highest BCUT2D eigenvalue weighted by Crippen LogP contribution is 2.26. The molecule has 5 rings (SSSR count). The first-order valence-electron chi connectivity index (χ1n) is 14.1. The lowest BCUT2D eigenvalue weighted by molar-refractivity contribution is 0.0563. The molecule has 1 atom stereocenters. The summed E-state index contributed by atoms with van der Waals surface area (Å²) in [4.78, 5) is 39.5. The van der Waals surface area contributed by atoms with Gasteiger partial charge >= 0.3 is 11.4 Å². The fraction of sp³-hybridized carbons (Fsp3) is 0.206. The van der Waals surface area contributed by atoms with Crippen molar-refractivity contribution in [1.82, 2.24) is 14.6 Å². The van der Waals surface area contributed by atoms with Gasteiger partial charge in [-0.25, -0.2) is 14.6 Å². The van der Waals surface area contributed by atoms with Crippen LogP contribution in [0.2, 0.25) is 0 Å². The average Bonchev–Trinajstić information content (AvgIpc) is 3.35. The van der Waals surface area contributed by atoms with Crippen molar-refractivity contribution < 1.29 is 23.9 Å². The third kappa shape index (κ3) is 7.73. The zero-order valence-corrected chi connectivity index (χ0v) is 24.4. The predicted molar refractivity (Wildman–Crippen MR) is 165 cm³/mol. The summed E-state index contributed by atoms with van der Waals surface area (Å²) >= 11 is 0. The van der Waals surface area contributed by atoms with Gasteiger partial charge in [-0.15, -0.1) is 4.74 Å². The molecule has 0 saturated carbocycles. The monoisotopic (exact) mass is 595 g/mol. The molecule has 1 aromatic heterocycles. The highest BCUT2D eigenvalue weighted by Gasteiger charge is 2.17. The highest BCUT2D eigenvalue weighted by molar-refractivity contribution is 5.95. The van der Waals surface area contributed by atoms with Crippen LogP contribution in [-0.4, -0.2) is 51.9 Å². The van der Waals surface area contributed by atoms with Gasteiger partial charge in [-0.3, -0.25) is 4.79 Å². The molecule has 5 aromatic rings. The molecule has 0 spiro atoms. The fourth-order valence-electron chi connectivity index (χ4n) is 4.77. The Bertz CT molecular complexity index is 1820. The standard InChI is InChI=1S/C34H33N3O7/c1-23-17-27(32(39)36(2)20-28(38)22-43-29-9-4-3-5-10-29)13-16-31(23)26-8-6-7-25(18-26)21-42-30-14-11-24(12-15-30)19-37-33(40)35-34(41)44-37/h3-18,28,38H,19-22H2,1-2H3,(H,35,40,41). The smallest absolute Gasteiger partial charge is 0.440 e. The Morgan fingerprint density at radius 1 is 0.909 bits per heavy atom. The van der Waals surface area contributed by atoms with Crippen LogP contribution in [0.15, 0.2) is 111 Å². The Kier molecular flexibility index (Phi) is 9.41. The van der Waals surface area contributed by atoms with Crippen molar-refractivity contribution in [1.29, 1.82) is 0 Å². The highest BCUT2D eigenvalue weighted by atomic mass is 16.5. The lowest BCUT2D eigenvalue weighted by Crippen LogP contribution is -2.37. The second-order valence-electron chi connectivity index (χ2n) is 10.5. The van der Waals surface area contributed by atoms with Crippen molar-refractivity contribution in [2.24, 2.45) is 0 Å². The number of nitrogens with zero attached hydrogens (tertiary/aromatic N) is 2. The van der Waals surface area contributed by atoms with E-state index >= 15 is 0 Å². The number of aromatic nitrogens is 2. The number of nitrogens with one attached hydrogen (secondary N) is 1. The number of amides is 1. The second kappa shape index (κ2) is 13.7. The largest absolute Gasteiger partial charge is 0.491 e. The van der Waals surface area contributed by atoms with Crippen LogP contribution in [0.5, 0.6) is 11.5 Å². The first-order valence-corrected chi connectivity index (χ1v) is 14.1. The van der Waals surface area contributed by atoms with Crippen LogP contribution < -0.4 is 20.9 Å². The van der Waals surface area contributed by atoms with E-state index in [-0.39, 0.29) is 25.6 Å². The number of para-hydroxylation sites is 1. The minimum Gasteiger partial charge on any atom is -0.491 e. The van der Waals surface area contributed by atoms with E-state index in [1.165, 1.54) is 4.90 Å². The summed E-state index contributed by atoms with van der Waals surface area (Å²) in [6.07, 6.45) is -0.827. The number of aromatic amines is 1. The van der Waals surface area contributed by atoms with E-state index in [1.807, 2.05) is 73.7 Å². The number of aryl methyl sites for hydroxylation is 1. The molecule has 0 aliphatic carbocycles. The summed E-state index contributed by atoms with van der Waals surface area (Å²) in [7, 11) is 1.66. The van der Waals surface area contributed by atoms with Crippen molar-refractivity contribution in [2.45, 2.75) is 26.2 Å². The van der Waals surface area contributed by atoms with Crippen molar-refractivity contribution in [3.05, 3.63) is 140 Å². The molecule has 226 valence electrons. The first-order chi connectivity index (χ1) is 21.2. The summed E-state index contributed by atoms with van der Waals surface area (Å²) < 4.78 is 17.3. The minimum absolute atomic E-state index is 0.0857. The van der Waals surface area contributed by atoms with Crippen LogP contribution in [-0.2, 0) is 13.2 Å². The number of hydrogen-bond donors (Lipinski definition) is 2. The van der Waals surface area contributed by atoms with Crippen molar-refractivity contribution in [2.75, 3.05) is 20.2 Å². The van der Waals surface area contributed by atoms with Gasteiger partial charge in [0.2, 0.25) is 0 Å². The fourth-order valence-corrected chi connectivity index (χ4v) is 4.77. The van der Waals surface area contributed by atoms with E-state index in [9.17, 15) is 19.5 Å². The van der Waals surface area contributed by atoms with Gasteiger partial charge in [0.15, 0.2) is 0 Å². The molecule has 2 N–H and O–H groups in total. The number of rotatable bonds is 12. The van der Waals surface area contributed by atoms with Crippen LogP contribution in [0.4, 0.5) is 0 Å². The van der Waals surface area contributed by atoms with E-state index in [4.69, 9.17) is 14.0 Å². The molecule has 4 aromatic carbocycles. The Morgan fingerprint density at radius 3 is 2.36 bits per heavy atom. The van der Waals surface area contributed by atoms with Crippen molar-refractivity contribution >= 4 is 5.91 Å². The number of H-pyrrole nitrogens is 1. The number of hydrogen-bond acceptors (Lipinski definition) is 7. The van der Waals surface area contributed by atoms with E-state index in [0.717, 1.165) is 32.6 Å². The van der Waals surface area contributed by atoms with Crippen LogP contribution in [0, 0.1) is 6.92 Å². The number of carbonyl (C=O) groups is 1. The van der Waals surface area contributed by atoms with Gasteiger partial charge in [0.1, 0.15) is 30.8 Å². The van der Waals surface area contributed by atoms with Gasteiger partial charge in [-0.1, -0.05) is 54.6 Å². The SMILES string of the molecule is Cc1cc(C(=O)N(C)CC(O)COc2ccccc2)ccc1-c1cccc(COc2ccc(Cn3oc(=O)[nH]c3=O)cc2)c1. The molecule has 1 amide bonds. The van der Waals surface area contributed by atoms with E-state index in [1.54, 1.807) is 37.4 Å². The predicted octanol–water partition coefficient (Wildman–Crippen LogP) is 4.24. The molecule has 0 saturated heterocycles. The zero-order valence-electron chi connectivity index (χ0n) is 24.4. The Labute approximate surface area is 253 Å². The number of ether oxygens (including phenoxy) is 2. The maximum atomic E-state index is 13.1. The van der Waals surface area contributed by atoms with Gasteiger partial charge in [-0.2, -0.15) is 0 Å². The van der Waals surface area contributed by atoms with Crippen LogP contribution in [0.25, 0.3) is 11.1 Å². The number of benzene rings is 4. The summed E-state index contributed by atoms with van der Waals surface area (Å²) in [6.45, 7) is 2.67. The van der Waals surface area contributed by atoms with E-state index in [2.05, 4.69) is 4.98 Å². The molecule has 10 heteroatoms. The molecular weight excluding hydrogens is 562 g/mol. The quantitative estimate of drug-likeness (QED) is 0.221. The normalized spacial score (nSPS) is 11.6. The third-order valence-electron chi connectivity index (χ3n) is 7.01. The average molecular weight is 596 g/mol. The summed E-state index contributed by atoms with van der Waals surface area (Å²) in [5.74, 6) is 0.346. The number of aliphatic hydroxyl groups excluding tert-OH is 1. The third-order valence-corrected chi connectivity index (χ3v) is 7.01. The minimum atomic E-state index is -0.827.